The van der Waals surface area contributed by atoms with Gasteiger partial charge in [0.15, 0.2) is 11.6 Å². The molecule has 1 aliphatic rings. The second-order valence-corrected chi connectivity index (χ2v) is 6.47. The van der Waals surface area contributed by atoms with Crippen molar-refractivity contribution in [3.8, 4) is 5.75 Å². The molecule has 0 radical (unpaired) electrons. The number of esters is 1. The van der Waals surface area contributed by atoms with Crippen LogP contribution in [0.4, 0.5) is 0 Å². The van der Waals surface area contributed by atoms with Gasteiger partial charge in [0, 0.05) is 11.1 Å². The maximum absolute atomic E-state index is 12.5. The van der Waals surface area contributed by atoms with Crippen LogP contribution >= 0.6 is 0 Å². The summed E-state index contributed by atoms with van der Waals surface area (Å²) in [5.41, 5.74) is 2.45. The van der Waals surface area contributed by atoms with Crippen molar-refractivity contribution >= 4 is 23.6 Å². The normalized spacial score (nSPS) is 12.6. The molecule has 1 aliphatic carbocycles. The quantitative estimate of drug-likeness (QED) is 0.298. The molecule has 136 valence electrons. The minimum atomic E-state index is -0.378. The van der Waals surface area contributed by atoms with E-state index in [4.69, 9.17) is 4.74 Å². The summed E-state index contributed by atoms with van der Waals surface area (Å²) in [6, 6.07) is 22.9. The fraction of sp³-hybridized carbons (Fsp3) is 0.0417. The molecular weight excluding hydrogens is 352 g/mol. The highest BCUT2D eigenvalue weighted by Crippen LogP contribution is 2.28. The molecule has 0 aliphatic heterocycles. The molecule has 3 aromatic carbocycles. The average Bonchev–Trinajstić information content (AvgIpc) is 2.94. The van der Waals surface area contributed by atoms with Gasteiger partial charge in [-0.3, -0.25) is 14.4 Å². The second-order valence-electron chi connectivity index (χ2n) is 6.47. The van der Waals surface area contributed by atoms with Crippen LogP contribution < -0.4 is 4.74 Å². The molecular formula is C24H16O4. The summed E-state index contributed by atoms with van der Waals surface area (Å²) in [4.78, 5) is 37.2. The van der Waals surface area contributed by atoms with E-state index >= 15 is 0 Å². The molecule has 0 N–H and O–H groups in total. The monoisotopic (exact) mass is 368 g/mol. The maximum atomic E-state index is 12.5. The molecule has 0 fully saturated rings. The zero-order chi connectivity index (χ0) is 19.5. The first-order valence-electron chi connectivity index (χ1n) is 8.86. The van der Waals surface area contributed by atoms with E-state index in [0.717, 1.165) is 5.56 Å². The van der Waals surface area contributed by atoms with E-state index < -0.39 is 0 Å². The van der Waals surface area contributed by atoms with Gasteiger partial charge in [0.05, 0.1) is 12.0 Å². The Morgan fingerprint density at radius 2 is 1.43 bits per heavy atom. The van der Waals surface area contributed by atoms with Crippen LogP contribution in [0.1, 0.15) is 31.8 Å². The predicted octanol–water partition coefficient (Wildman–Crippen LogP) is 4.30. The van der Waals surface area contributed by atoms with Gasteiger partial charge in [-0.05, 0) is 29.3 Å². The summed E-state index contributed by atoms with van der Waals surface area (Å²) in [6.45, 7) is 0. The molecule has 4 heteroatoms. The standard InChI is InChI=1S/C24H16O4/c25-22(15-16-7-2-1-3-8-16)28-18-10-6-9-17(13-18)14-21-23(26)19-11-4-5-12-20(19)24(21)27/h1-14H,15H2. The number of ketones is 2. The smallest absolute Gasteiger partial charge is 0.315 e. The van der Waals surface area contributed by atoms with Gasteiger partial charge >= 0.3 is 5.97 Å². The summed E-state index contributed by atoms with van der Waals surface area (Å²) in [6.07, 6.45) is 1.71. The van der Waals surface area contributed by atoms with E-state index in [9.17, 15) is 14.4 Å². The minimum absolute atomic E-state index is 0.119. The Labute approximate surface area is 162 Å². The van der Waals surface area contributed by atoms with Crippen LogP contribution in [0.2, 0.25) is 0 Å². The number of rotatable bonds is 4. The van der Waals surface area contributed by atoms with Gasteiger partial charge in [0.2, 0.25) is 0 Å². The summed E-state index contributed by atoms with van der Waals surface area (Å²) < 4.78 is 5.40. The van der Waals surface area contributed by atoms with Gasteiger partial charge in [-0.2, -0.15) is 0 Å². The molecule has 4 rings (SSSR count). The van der Waals surface area contributed by atoms with E-state index in [1.165, 1.54) is 0 Å². The lowest BCUT2D eigenvalue weighted by molar-refractivity contribution is -0.133. The second kappa shape index (κ2) is 7.45. The van der Waals surface area contributed by atoms with E-state index in [2.05, 4.69) is 0 Å². The number of fused-ring (bicyclic) bond motifs is 1. The number of ether oxygens (including phenoxy) is 1. The fourth-order valence-corrected chi connectivity index (χ4v) is 3.17. The molecule has 0 bridgehead atoms. The first-order chi connectivity index (χ1) is 13.6. The predicted molar refractivity (Wildman–Crippen MR) is 105 cm³/mol. The van der Waals surface area contributed by atoms with Gasteiger partial charge in [-0.1, -0.05) is 66.7 Å². The van der Waals surface area contributed by atoms with Crippen molar-refractivity contribution in [2.75, 3.05) is 0 Å². The first kappa shape index (κ1) is 17.6. The third-order valence-corrected chi connectivity index (χ3v) is 4.50. The third kappa shape index (κ3) is 3.53. The minimum Gasteiger partial charge on any atom is -0.426 e. The number of carbonyl (C=O) groups is 3. The molecule has 0 aromatic heterocycles. The van der Waals surface area contributed by atoms with Crippen molar-refractivity contribution in [2.45, 2.75) is 6.42 Å². The van der Waals surface area contributed by atoms with Crippen LogP contribution in [-0.4, -0.2) is 17.5 Å². The van der Waals surface area contributed by atoms with Crippen molar-refractivity contribution in [3.63, 3.8) is 0 Å². The lowest BCUT2D eigenvalue weighted by atomic mass is 10.1. The number of carbonyl (C=O) groups excluding carboxylic acids is 3. The zero-order valence-corrected chi connectivity index (χ0v) is 14.9. The maximum Gasteiger partial charge on any atom is 0.315 e. The summed E-state index contributed by atoms with van der Waals surface area (Å²) >= 11 is 0. The van der Waals surface area contributed by atoms with Crippen LogP contribution in [0.5, 0.6) is 5.75 Å². The molecule has 0 atom stereocenters. The van der Waals surface area contributed by atoms with Crippen molar-refractivity contribution < 1.29 is 19.1 Å². The van der Waals surface area contributed by atoms with Gasteiger partial charge in [-0.15, -0.1) is 0 Å². The molecule has 0 saturated heterocycles. The van der Waals surface area contributed by atoms with Crippen LogP contribution in [0.3, 0.4) is 0 Å². The summed E-state index contributed by atoms with van der Waals surface area (Å²) in [5, 5.41) is 0. The van der Waals surface area contributed by atoms with Crippen molar-refractivity contribution in [2.24, 2.45) is 0 Å². The summed E-state index contributed by atoms with van der Waals surface area (Å²) in [7, 11) is 0. The zero-order valence-electron chi connectivity index (χ0n) is 14.9. The van der Waals surface area contributed by atoms with Crippen molar-refractivity contribution in [1.29, 1.82) is 0 Å². The van der Waals surface area contributed by atoms with Crippen LogP contribution in [0, 0.1) is 0 Å². The molecule has 0 unspecified atom stereocenters. The summed E-state index contributed by atoms with van der Waals surface area (Å²) in [5.74, 6) is -0.582. The molecule has 28 heavy (non-hydrogen) atoms. The Hall–Kier alpha value is -3.79. The Kier molecular flexibility index (Phi) is 4.68. The van der Waals surface area contributed by atoms with Crippen LogP contribution in [0.15, 0.2) is 84.4 Å². The molecule has 3 aromatic rings. The number of hydrogen-bond donors (Lipinski definition) is 0. The topological polar surface area (TPSA) is 60.4 Å². The Morgan fingerprint density at radius 3 is 2.11 bits per heavy atom. The molecule has 0 amide bonds. The first-order valence-corrected chi connectivity index (χ1v) is 8.86. The lowest BCUT2D eigenvalue weighted by Gasteiger charge is -2.05. The number of Topliss-reactive ketones (excluding diaryl/α,β-unsaturated/α-hetero) is 2. The Bertz CT molecular complexity index is 1070. The van der Waals surface area contributed by atoms with Gasteiger partial charge in [0.25, 0.3) is 0 Å². The van der Waals surface area contributed by atoms with Gasteiger partial charge in [0.1, 0.15) is 5.75 Å². The Morgan fingerprint density at radius 1 is 0.786 bits per heavy atom. The van der Waals surface area contributed by atoms with Crippen molar-refractivity contribution in [3.05, 3.63) is 107 Å². The molecule has 4 nitrogen and oxygen atoms in total. The van der Waals surface area contributed by atoms with Gasteiger partial charge < -0.3 is 4.74 Å². The highest BCUT2D eigenvalue weighted by Gasteiger charge is 2.32. The van der Waals surface area contributed by atoms with Crippen LogP contribution in [-0.2, 0) is 11.2 Å². The molecule has 0 spiro atoms. The highest BCUT2D eigenvalue weighted by molar-refractivity contribution is 6.41. The fourth-order valence-electron chi connectivity index (χ4n) is 3.17. The average molecular weight is 368 g/mol. The number of hydrogen-bond acceptors (Lipinski definition) is 4. The van der Waals surface area contributed by atoms with E-state index in [0.29, 0.717) is 22.4 Å². The largest absolute Gasteiger partial charge is 0.426 e. The lowest BCUT2D eigenvalue weighted by Crippen LogP contribution is -2.11. The molecule has 0 saturated carbocycles. The van der Waals surface area contributed by atoms with E-state index in [-0.39, 0.29) is 29.5 Å². The number of benzene rings is 3. The van der Waals surface area contributed by atoms with E-state index in [1.54, 1.807) is 54.6 Å². The third-order valence-electron chi connectivity index (χ3n) is 4.50. The van der Waals surface area contributed by atoms with E-state index in [1.807, 2.05) is 30.3 Å². The van der Waals surface area contributed by atoms with Gasteiger partial charge in [-0.25, -0.2) is 0 Å². The molecule has 0 heterocycles. The SMILES string of the molecule is O=C(Cc1ccccc1)Oc1cccc(C=C2C(=O)c3ccccc3C2=O)c1. The Balaban J connectivity index is 1.53. The van der Waals surface area contributed by atoms with Crippen LogP contribution in [0.25, 0.3) is 6.08 Å². The van der Waals surface area contributed by atoms with Crippen molar-refractivity contribution in [1.82, 2.24) is 0 Å². The number of allylic oxidation sites excluding steroid dienone is 1. The highest BCUT2D eigenvalue weighted by atomic mass is 16.5.